The molecular weight excluding hydrogens is 296 g/mol. The van der Waals surface area contributed by atoms with Crippen molar-refractivity contribution in [2.75, 3.05) is 0 Å². The lowest BCUT2D eigenvalue weighted by Gasteiger charge is -2.26. The van der Waals surface area contributed by atoms with Crippen LogP contribution in [0.2, 0.25) is 0 Å². The third-order valence-corrected chi connectivity index (χ3v) is 4.26. The molecule has 0 spiro atoms. The van der Waals surface area contributed by atoms with E-state index in [1.165, 1.54) is 0 Å². The van der Waals surface area contributed by atoms with Crippen molar-refractivity contribution in [2.24, 2.45) is 5.92 Å². The summed E-state index contributed by atoms with van der Waals surface area (Å²) >= 11 is 0. The highest BCUT2D eigenvalue weighted by Crippen LogP contribution is 2.24. The van der Waals surface area contributed by atoms with Gasteiger partial charge in [0.2, 0.25) is 0 Å². The number of fused-ring (bicyclic) bond motifs is 1. The van der Waals surface area contributed by atoms with Gasteiger partial charge in [-0.3, -0.25) is 4.79 Å². The minimum absolute atomic E-state index is 0.0478. The SMILES string of the molecule is O=C(NCc1cn2ccccc2n1)NC1CCC(C(=O)O)CC1. The highest BCUT2D eigenvalue weighted by Gasteiger charge is 2.26. The summed E-state index contributed by atoms with van der Waals surface area (Å²) in [5.41, 5.74) is 1.64. The van der Waals surface area contributed by atoms with Crippen molar-refractivity contribution < 1.29 is 14.7 Å². The first-order valence-electron chi connectivity index (χ1n) is 7.81. The van der Waals surface area contributed by atoms with Crippen molar-refractivity contribution in [3.63, 3.8) is 0 Å². The van der Waals surface area contributed by atoms with Crippen LogP contribution in [0.4, 0.5) is 4.79 Å². The number of amides is 2. The lowest BCUT2D eigenvalue weighted by molar-refractivity contribution is -0.142. The molecule has 2 aromatic heterocycles. The number of rotatable bonds is 4. The molecule has 2 heterocycles. The Hall–Kier alpha value is -2.57. The number of urea groups is 1. The quantitative estimate of drug-likeness (QED) is 0.801. The number of hydrogen-bond acceptors (Lipinski definition) is 3. The van der Waals surface area contributed by atoms with Crippen LogP contribution in [-0.2, 0) is 11.3 Å². The molecule has 0 saturated heterocycles. The maximum atomic E-state index is 11.9. The Morgan fingerprint density at radius 2 is 2.04 bits per heavy atom. The van der Waals surface area contributed by atoms with Crippen molar-refractivity contribution in [3.8, 4) is 0 Å². The van der Waals surface area contributed by atoms with E-state index in [-0.39, 0.29) is 18.0 Å². The molecule has 2 amide bonds. The van der Waals surface area contributed by atoms with Crippen LogP contribution in [0.1, 0.15) is 31.4 Å². The molecule has 1 saturated carbocycles. The van der Waals surface area contributed by atoms with Gasteiger partial charge in [-0.1, -0.05) is 6.07 Å². The number of carboxylic acids is 1. The predicted molar refractivity (Wildman–Crippen MR) is 83.9 cm³/mol. The van der Waals surface area contributed by atoms with E-state index in [2.05, 4.69) is 15.6 Å². The number of carbonyl (C=O) groups is 2. The van der Waals surface area contributed by atoms with Gasteiger partial charge in [0.25, 0.3) is 0 Å². The zero-order valence-corrected chi connectivity index (χ0v) is 12.7. The minimum Gasteiger partial charge on any atom is -0.481 e. The standard InChI is InChI=1S/C16H20N4O3/c21-15(22)11-4-6-12(7-5-11)19-16(23)17-9-13-10-20-8-2-1-3-14(20)18-13/h1-3,8,10-12H,4-7,9H2,(H,21,22)(H2,17,19,23). The molecule has 0 radical (unpaired) electrons. The summed E-state index contributed by atoms with van der Waals surface area (Å²) < 4.78 is 1.90. The van der Waals surface area contributed by atoms with Crippen LogP contribution in [0.3, 0.4) is 0 Å². The van der Waals surface area contributed by atoms with Gasteiger partial charge in [-0.05, 0) is 37.8 Å². The number of carbonyl (C=O) groups excluding carboxylic acids is 1. The van der Waals surface area contributed by atoms with E-state index < -0.39 is 5.97 Å². The number of aromatic nitrogens is 2. The zero-order valence-electron chi connectivity index (χ0n) is 12.7. The second-order valence-electron chi connectivity index (χ2n) is 5.91. The minimum atomic E-state index is -0.736. The predicted octanol–water partition coefficient (Wildman–Crippen LogP) is 1.78. The van der Waals surface area contributed by atoms with Crippen molar-refractivity contribution in [1.29, 1.82) is 0 Å². The number of nitrogens with one attached hydrogen (secondary N) is 2. The molecule has 3 N–H and O–H groups in total. The van der Waals surface area contributed by atoms with E-state index in [9.17, 15) is 9.59 Å². The average Bonchev–Trinajstić information content (AvgIpc) is 2.96. The second-order valence-corrected chi connectivity index (χ2v) is 5.91. The smallest absolute Gasteiger partial charge is 0.315 e. The van der Waals surface area contributed by atoms with E-state index in [0.717, 1.165) is 11.3 Å². The maximum absolute atomic E-state index is 11.9. The maximum Gasteiger partial charge on any atom is 0.315 e. The van der Waals surface area contributed by atoms with Gasteiger partial charge in [0.15, 0.2) is 0 Å². The first-order chi connectivity index (χ1) is 11.1. The van der Waals surface area contributed by atoms with E-state index in [0.29, 0.717) is 32.2 Å². The summed E-state index contributed by atoms with van der Waals surface area (Å²) in [4.78, 5) is 27.3. The molecule has 0 aromatic carbocycles. The number of aliphatic carboxylic acids is 1. The fraction of sp³-hybridized carbons (Fsp3) is 0.438. The van der Waals surface area contributed by atoms with E-state index in [4.69, 9.17) is 5.11 Å². The summed E-state index contributed by atoms with van der Waals surface area (Å²) in [6.45, 7) is 0.359. The van der Waals surface area contributed by atoms with Gasteiger partial charge < -0.3 is 20.1 Å². The molecule has 23 heavy (non-hydrogen) atoms. The van der Waals surface area contributed by atoms with Crippen molar-refractivity contribution >= 4 is 17.6 Å². The molecule has 0 atom stereocenters. The molecule has 3 rings (SSSR count). The largest absolute Gasteiger partial charge is 0.481 e. The number of imidazole rings is 1. The Bertz CT molecular complexity index is 671. The van der Waals surface area contributed by atoms with Crippen molar-refractivity contribution in [1.82, 2.24) is 20.0 Å². The number of pyridine rings is 1. The molecule has 122 valence electrons. The van der Waals surface area contributed by atoms with E-state index in [1.54, 1.807) is 0 Å². The number of carboxylic acid groups (broad SMARTS) is 1. The highest BCUT2D eigenvalue weighted by molar-refractivity contribution is 5.74. The fourth-order valence-electron chi connectivity index (χ4n) is 2.96. The Balaban J connectivity index is 1.45. The van der Waals surface area contributed by atoms with Crippen LogP contribution in [0.15, 0.2) is 30.6 Å². The molecule has 1 aliphatic carbocycles. The molecule has 1 aliphatic rings. The van der Waals surface area contributed by atoms with Gasteiger partial charge in [-0.2, -0.15) is 0 Å². The lowest BCUT2D eigenvalue weighted by Crippen LogP contribution is -2.43. The zero-order chi connectivity index (χ0) is 16.2. The van der Waals surface area contributed by atoms with E-state index in [1.807, 2.05) is 35.0 Å². The van der Waals surface area contributed by atoms with Gasteiger partial charge in [0, 0.05) is 18.4 Å². The molecule has 2 aromatic rings. The van der Waals surface area contributed by atoms with Crippen LogP contribution >= 0.6 is 0 Å². The van der Waals surface area contributed by atoms with Gasteiger partial charge in [-0.15, -0.1) is 0 Å². The van der Waals surface area contributed by atoms with Crippen LogP contribution in [0.5, 0.6) is 0 Å². The number of hydrogen-bond donors (Lipinski definition) is 3. The molecule has 0 unspecified atom stereocenters. The van der Waals surface area contributed by atoms with Crippen LogP contribution in [0, 0.1) is 5.92 Å². The Morgan fingerprint density at radius 1 is 1.26 bits per heavy atom. The van der Waals surface area contributed by atoms with Crippen LogP contribution in [-0.4, -0.2) is 32.5 Å². The summed E-state index contributed by atoms with van der Waals surface area (Å²) in [7, 11) is 0. The number of nitrogens with zero attached hydrogens (tertiary/aromatic N) is 2. The highest BCUT2D eigenvalue weighted by atomic mass is 16.4. The summed E-state index contributed by atoms with van der Waals surface area (Å²) in [6.07, 6.45) is 6.44. The normalized spacial score (nSPS) is 21.0. The Kier molecular flexibility index (Phi) is 4.45. The van der Waals surface area contributed by atoms with E-state index >= 15 is 0 Å². The molecule has 0 bridgehead atoms. The average molecular weight is 316 g/mol. The first-order valence-corrected chi connectivity index (χ1v) is 7.81. The molecule has 7 heteroatoms. The Labute approximate surface area is 133 Å². The van der Waals surface area contributed by atoms with Crippen molar-refractivity contribution in [2.45, 2.75) is 38.3 Å². The second kappa shape index (κ2) is 6.68. The lowest BCUT2D eigenvalue weighted by atomic mass is 9.86. The van der Waals surface area contributed by atoms with Gasteiger partial charge in [0.1, 0.15) is 5.65 Å². The topological polar surface area (TPSA) is 95.7 Å². The third kappa shape index (κ3) is 3.80. The molecule has 1 fully saturated rings. The summed E-state index contributed by atoms with van der Waals surface area (Å²) in [5.74, 6) is -1.01. The Morgan fingerprint density at radius 3 is 2.74 bits per heavy atom. The van der Waals surface area contributed by atoms with Crippen LogP contribution in [0.25, 0.3) is 5.65 Å². The molecule has 0 aliphatic heterocycles. The van der Waals surface area contributed by atoms with Gasteiger partial charge >= 0.3 is 12.0 Å². The summed E-state index contributed by atoms with van der Waals surface area (Å²) in [6, 6.07) is 5.56. The fourth-order valence-corrected chi connectivity index (χ4v) is 2.96. The molecule has 7 nitrogen and oxygen atoms in total. The third-order valence-electron chi connectivity index (χ3n) is 4.26. The van der Waals surface area contributed by atoms with Crippen LogP contribution < -0.4 is 10.6 Å². The monoisotopic (exact) mass is 316 g/mol. The van der Waals surface area contributed by atoms with Gasteiger partial charge in [0.05, 0.1) is 18.2 Å². The molecular formula is C16H20N4O3. The summed E-state index contributed by atoms with van der Waals surface area (Å²) in [5, 5.41) is 14.7. The first kappa shape index (κ1) is 15.3. The van der Waals surface area contributed by atoms with Gasteiger partial charge in [-0.25, -0.2) is 9.78 Å². The van der Waals surface area contributed by atoms with Crippen molar-refractivity contribution in [3.05, 3.63) is 36.3 Å².